The molecule has 0 saturated carbocycles. The molecule has 160 valence electrons. The summed E-state index contributed by atoms with van der Waals surface area (Å²) >= 11 is 0. The van der Waals surface area contributed by atoms with Gasteiger partial charge in [-0.1, -0.05) is 24.3 Å². The van der Waals surface area contributed by atoms with Crippen molar-refractivity contribution in [2.45, 2.75) is 13.8 Å². The quantitative estimate of drug-likeness (QED) is 0.302. The van der Waals surface area contributed by atoms with Gasteiger partial charge < -0.3 is 18.9 Å². The van der Waals surface area contributed by atoms with Crippen molar-refractivity contribution in [1.29, 1.82) is 0 Å². The Morgan fingerprint density at radius 2 is 0.871 bits per heavy atom. The highest BCUT2D eigenvalue weighted by Crippen LogP contribution is 2.19. The zero-order valence-corrected chi connectivity index (χ0v) is 16.4. The van der Waals surface area contributed by atoms with Crippen LogP contribution in [0.4, 0.5) is 0 Å². The van der Waals surface area contributed by atoms with Gasteiger partial charge in [-0.05, 0) is 24.3 Å². The minimum Gasteiger partial charge on any atom is -0.428 e. The van der Waals surface area contributed by atoms with Crippen molar-refractivity contribution in [3.05, 3.63) is 70.8 Å². The highest BCUT2D eigenvalue weighted by Gasteiger charge is 2.29. The summed E-state index contributed by atoms with van der Waals surface area (Å²) in [7, 11) is 0. The summed E-state index contributed by atoms with van der Waals surface area (Å²) in [5.41, 5.74) is 1.44. The standard InChI is InChI=1S/2C8H4O3.C5H8O4/c2*9-7-5-3-1-2-4-6(5)8(10)11-7;1-4(6)8-3-9-5(2)7/h2*1-4H;3H2,1-2H3. The van der Waals surface area contributed by atoms with Crippen molar-refractivity contribution in [3.8, 4) is 0 Å². The van der Waals surface area contributed by atoms with Crippen LogP contribution in [-0.2, 0) is 28.5 Å². The van der Waals surface area contributed by atoms with E-state index in [1.165, 1.54) is 13.8 Å². The van der Waals surface area contributed by atoms with Gasteiger partial charge in [-0.25, -0.2) is 19.2 Å². The van der Waals surface area contributed by atoms with E-state index in [-0.39, 0.29) is 6.79 Å². The van der Waals surface area contributed by atoms with Crippen LogP contribution in [0.2, 0.25) is 0 Å². The number of esters is 6. The van der Waals surface area contributed by atoms with Crippen LogP contribution in [0, 0.1) is 0 Å². The molecule has 31 heavy (non-hydrogen) atoms. The number of carbonyl (C=O) groups excluding carboxylic acids is 6. The number of hydrogen-bond donors (Lipinski definition) is 0. The molecule has 0 N–H and O–H groups in total. The van der Waals surface area contributed by atoms with E-state index in [9.17, 15) is 28.8 Å². The molecule has 2 aliphatic rings. The molecule has 0 radical (unpaired) electrons. The zero-order chi connectivity index (χ0) is 23.0. The van der Waals surface area contributed by atoms with Gasteiger partial charge in [0.1, 0.15) is 0 Å². The lowest BCUT2D eigenvalue weighted by Gasteiger charge is -1.99. The van der Waals surface area contributed by atoms with Crippen molar-refractivity contribution < 1.29 is 47.7 Å². The molecule has 0 aliphatic carbocycles. The zero-order valence-electron chi connectivity index (χ0n) is 16.4. The van der Waals surface area contributed by atoms with Crippen LogP contribution in [-0.4, -0.2) is 42.6 Å². The third kappa shape index (κ3) is 6.32. The molecule has 10 heteroatoms. The number of ether oxygens (including phenoxy) is 4. The number of fused-ring (bicyclic) bond motifs is 2. The Kier molecular flexibility index (Phi) is 7.73. The molecular weight excluding hydrogens is 412 g/mol. The summed E-state index contributed by atoms with van der Waals surface area (Å²) in [6.45, 7) is 2.19. The van der Waals surface area contributed by atoms with Crippen LogP contribution < -0.4 is 0 Å². The third-order valence-corrected chi connectivity index (χ3v) is 3.63. The molecule has 2 aromatic rings. The van der Waals surface area contributed by atoms with Gasteiger partial charge in [0.2, 0.25) is 6.79 Å². The van der Waals surface area contributed by atoms with E-state index in [0.717, 1.165) is 0 Å². The largest absolute Gasteiger partial charge is 0.428 e. The highest BCUT2D eigenvalue weighted by atomic mass is 16.7. The second-order valence-corrected chi connectivity index (χ2v) is 5.83. The first-order chi connectivity index (χ1) is 14.7. The van der Waals surface area contributed by atoms with E-state index in [1.54, 1.807) is 48.5 Å². The first-order valence-corrected chi connectivity index (χ1v) is 8.68. The van der Waals surface area contributed by atoms with Gasteiger partial charge in [0.15, 0.2) is 0 Å². The summed E-state index contributed by atoms with van der Waals surface area (Å²) in [6.07, 6.45) is 0. The van der Waals surface area contributed by atoms with Gasteiger partial charge in [0.05, 0.1) is 22.3 Å². The number of cyclic esters (lactones) is 4. The first-order valence-electron chi connectivity index (χ1n) is 8.68. The molecule has 0 bridgehead atoms. The lowest BCUT2D eigenvalue weighted by atomic mass is 10.1. The molecule has 0 fully saturated rings. The van der Waals surface area contributed by atoms with E-state index >= 15 is 0 Å². The van der Waals surface area contributed by atoms with E-state index in [2.05, 4.69) is 18.9 Å². The molecular formula is C21H16O10. The van der Waals surface area contributed by atoms with E-state index in [1.807, 2.05) is 0 Å². The van der Waals surface area contributed by atoms with Crippen LogP contribution in [0.3, 0.4) is 0 Å². The third-order valence-electron chi connectivity index (χ3n) is 3.63. The molecule has 0 saturated heterocycles. The molecule has 0 amide bonds. The predicted octanol–water partition coefficient (Wildman–Crippen LogP) is 2.06. The Labute approximate surface area is 175 Å². The summed E-state index contributed by atoms with van der Waals surface area (Å²) in [5.74, 6) is -3.13. The van der Waals surface area contributed by atoms with Crippen molar-refractivity contribution >= 4 is 35.8 Å². The fourth-order valence-electron chi connectivity index (χ4n) is 2.26. The topological polar surface area (TPSA) is 139 Å². The normalized spacial score (nSPS) is 12.7. The van der Waals surface area contributed by atoms with Gasteiger partial charge in [0, 0.05) is 13.8 Å². The summed E-state index contributed by atoms with van der Waals surface area (Å²) < 4.78 is 17.2. The Balaban J connectivity index is 0.000000167. The summed E-state index contributed by atoms with van der Waals surface area (Å²) in [4.78, 5) is 63.4. The van der Waals surface area contributed by atoms with Gasteiger partial charge in [-0.2, -0.15) is 0 Å². The van der Waals surface area contributed by atoms with E-state index < -0.39 is 35.8 Å². The first kappa shape index (κ1) is 22.9. The van der Waals surface area contributed by atoms with Gasteiger partial charge in [0.25, 0.3) is 0 Å². The summed E-state index contributed by atoms with van der Waals surface area (Å²) in [5, 5.41) is 0. The maximum atomic E-state index is 10.8. The van der Waals surface area contributed by atoms with Crippen LogP contribution in [0.15, 0.2) is 48.5 Å². The maximum Gasteiger partial charge on any atom is 0.346 e. The Morgan fingerprint density at radius 1 is 0.613 bits per heavy atom. The van der Waals surface area contributed by atoms with Gasteiger partial charge >= 0.3 is 35.8 Å². The predicted molar refractivity (Wildman–Crippen MR) is 101 cm³/mol. The van der Waals surface area contributed by atoms with Crippen molar-refractivity contribution in [2.75, 3.05) is 6.79 Å². The van der Waals surface area contributed by atoms with Crippen LogP contribution in [0.25, 0.3) is 0 Å². The van der Waals surface area contributed by atoms with E-state index in [0.29, 0.717) is 22.3 Å². The Morgan fingerprint density at radius 3 is 1.10 bits per heavy atom. The van der Waals surface area contributed by atoms with Crippen molar-refractivity contribution in [3.63, 3.8) is 0 Å². The fourth-order valence-corrected chi connectivity index (χ4v) is 2.26. The lowest BCUT2D eigenvalue weighted by Crippen LogP contribution is -2.07. The molecule has 0 spiro atoms. The number of rotatable bonds is 2. The van der Waals surface area contributed by atoms with Gasteiger partial charge in [-0.3, -0.25) is 9.59 Å². The smallest absolute Gasteiger partial charge is 0.346 e. The molecule has 10 nitrogen and oxygen atoms in total. The number of hydrogen-bond acceptors (Lipinski definition) is 10. The van der Waals surface area contributed by atoms with E-state index in [4.69, 9.17) is 0 Å². The SMILES string of the molecule is CC(=O)OCOC(C)=O.O=C1OC(=O)c2ccccc21.O=C1OC(=O)c2ccccc21. The second kappa shape index (κ2) is 10.4. The van der Waals surface area contributed by atoms with Gasteiger partial charge in [-0.15, -0.1) is 0 Å². The molecule has 2 aliphatic heterocycles. The molecule has 0 aromatic heterocycles. The van der Waals surface area contributed by atoms with Crippen molar-refractivity contribution in [1.82, 2.24) is 0 Å². The summed E-state index contributed by atoms with van der Waals surface area (Å²) in [6, 6.07) is 13.1. The molecule has 2 aromatic carbocycles. The average molecular weight is 428 g/mol. The average Bonchev–Trinajstić information content (AvgIpc) is 3.18. The van der Waals surface area contributed by atoms with Crippen LogP contribution >= 0.6 is 0 Å². The Hall–Kier alpha value is -4.34. The van der Waals surface area contributed by atoms with Crippen LogP contribution in [0.1, 0.15) is 55.3 Å². The Bertz CT molecular complexity index is 904. The number of benzene rings is 2. The van der Waals surface area contributed by atoms with Crippen LogP contribution in [0.5, 0.6) is 0 Å². The van der Waals surface area contributed by atoms with Crippen molar-refractivity contribution in [2.24, 2.45) is 0 Å². The fraction of sp³-hybridized carbons (Fsp3) is 0.143. The second-order valence-electron chi connectivity index (χ2n) is 5.83. The molecule has 0 unspecified atom stereocenters. The minimum absolute atomic E-state index is 0.287. The maximum absolute atomic E-state index is 10.8. The highest BCUT2D eigenvalue weighted by molar-refractivity contribution is 6.15. The lowest BCUT2D eigenvalue weighted by molar-refractivity contribution is -0.164. The molecule has 0 atom stereocenters. The number of carbonyl (C=O) groups is 6. The molecule has 2 heterocycles. The molecule has 4 rings (SSSR count). The minimum atomic E-state index is -0.550. The monoisotopic (exact) mass is 428 g/mol.